The highest BCUT2D eigenvalue weighted by molar-refractivity contribution is 5.02. The SMILES string of the molecule is C.CC(C)(C)N1CC2CC[C@@H]2C1.CC(C)(C)N1CC[C@@H]2NCC[C@@H]21.CC(C)(C)N1C[C@H]2CCCN[C@H]2C1.CC(C)(C)N1C[C@H]2CCC[C@H]2C1.CC(C)(C)N1C[C@H]2CCC[C@H]2C1.CC(C)(C)N1C[C@H]2CC[C@H]2C1. The summed E-state index contributed by atoms with van der Waals surface area (Å²) in [7, 11) is 0. The van der Waals surface area contributed by atoms with Gasteiger partial charge in [0.2, 0.25) is 0 Å². The van der Waals surface area contributed by atoms with Crippen molar-refractivity contribution in [3.05, 3.63) is 0 Å². The molecule has 0 aromatic heterocycles. The number of nitrogens with one attached hydrogen (secondary N) is 2. The third-order valence-electron chi connectivity index (χ3n) is 21.0. The smallest absolute Gasteiger partial charge is 0.0267 e. The zero-order chi connectivity index (χ0) is 51.9. The normalized spacial score (nSPS) is 36.9. The van der Waals surface area contributed by atoms with Gasteiger partial charge in [-0.1, -0.05) is 20.3 Å². The summed E-state index contributed by atoms with van der Waals surface area (Å²) in [6.07, 6.45) is 20.5. The van der Waals surface area contributed by atoms with Gasteiger partial charge in [0, 0.05) is 123 Å². The highest BCUT2D eigenvalue weighted by Crippen LogP contribution is 2.45. The maximum absolute atomic E-state index is 3.64. The number of fused-ring (bicyclic) bond motifs is 6. The maximum Gasteiger partial charge on any atom is 0.0267 e. The molecule has 8 aliphatic heterocycles. The molecule has 8 heteroatoms. The van der Waals surface area contributed by atoms with Gasteiger partial charge in [0.1, 0.15) is 0 Å². The van der Waals surface area contributed by atoms with Crippen molar-refractivity contribution in [3.8, 4) is 0 Å². The Balaban J connectivity index is 0.000000141. The maximum atomic E-state index is 3.64. The van der Waals surface area contributed by atoms with Crippen molar-refractivity contribution in [1.82, 2.24) is 40.0 Å². The molecule has 12 aliphatic rings. The number of hydrogen-bond donors (Lipinski definition) is 2. The Labute approximate surface area is 449 Å². The van der Waals surface area contributed by atoms with Gasteiger partial charge in [-0.2, -0.15) is 0 Å². The van der Waals surface area contributed by atoms with Crippen molar-refractivity contribution >= 4 is 0 Å². The molecule has 12 atom stereocenters. The largest absolute Gasteiger partial charge is 0.312 e. The molecule has 4 saturated carbocycles. The second-order valence-electron chi connectivity index (χ2n) is 32.0. The van der Waals surface area contributed by atoms with Crippen LogP contribution in [0.5, 0.6) is 0 Å². The lowest BCUT2D eigenvalue weighted by molar-refractivity contribution is 0.122. The molecule has 8 nitrogen and oxygen atoms in total. The highest BCUT2D eigenvalue weighted by Gasteiger charge is 2.46. The molecule has 0 aromatic rings. The van der Waals surface area contributed by atoms with E-state index >= 15 is 0 Å². The number of piperidine rings is 1. The molecule has 0 spiro atoms. The van der Waals surface area contributed by atoms with E-state index in [4.69, 9.17) is 0 Å². The molecule has 0 bridgehead atoms. The highest BCUT2D eigenvalue weighted by atomic mass is 15.3. The van der Waals surface area contributed by atoms with Crippen LogP contribution in [0.4, 0.5) is 0 Å². The molecule has 422 valence electrons. The van der Waals surface area contributed by atoms with Gasteiger partial charge in [-0.05, 0) is 268 Å². The van der Waals surface area contributed by atoms with E-state index < -0.39 is 0 Å². The van der Waals surface area contributed by atoms with Crippen molar-refractivity contribution in [2.75, 3.05) is 85.1 Å². The van der Waals surface area contributed by atoms with Crippen LogP contribution in [0.1, 0.15) is 222 Å². The van der Waals surface area contributed by atoms with E-state index in [1.807, 2.05) is 0 Å². The molecule has 8 saturated heterocycles. The third kappa shape index (κ3) is 15.9. The van der Waals surface area contributed by atoms with Gasteiger partial charge in [-0.3, -0.25) is 29.4 Å². The molecule has 1 unspecified atom stereocenters. The van der Waals surface area contributed by atoms with E-state index in [2.05, 4.69) is 165 Å². The molecule has 0 radical (unpaired) electrons. The lowest BCUT2D eigenvalue weighted by Crippen LogP contribution is -2.46. The second kappa shape index (κ2) is 24.4. The van der Waals surface area contributed by atoms with Crippen LogP contribution in [0, 0.1) is 53.3 Å². The summed E-state index contributed by atoms with van der Waals surface area (Å²) < 4.78 is 0. The number of nitrogens with zero attached hydrogens (tertiary/aromatic N) is 6. The Hall–Kier alpha value is -0.320. The Morgan fingerprint density at radius 2 is 0.569 bits per heavy atom. The lowest BCUT2D eigenvalue weighted by atomic mass is 9.77. The summed E-state index contributed by atoms with van der Waals surface area (Å²) in [5, 5.41) is 7.22. The summed E-state index contributed by atoms with van der Waals surface area (Å²) in [5.74, 6) is 9.36. The van der Waals surface area contributed by atoms with Crippen LogP contribution in [-0.4, -0.2) is 166 Å². The fourth-order valence-corrected chi connectivity index (χ4v) is 15.5. The van der Waals surface area contributed by atoms with Crippen molar-refractivity contribution in [3.63, 3.8) is 0 Å². The predicted octanol–water partition coefficient (Wildman–Crippen LogP) is 12.6. The van der Waals surface area contributed by atoms with E-state index in [0.29, 0.717) is 33.2 Å². The van der Waals surface area contributed by atoms with E-state index in [9.17, 15) is 0 Å². The minimum absolute atomic E-state index is 0. The van der Waals surface area contributed by atoms with Gasteiger partial charge in [0.15, 0.2) is 0 Å². The minimum Gasteiger partial charge on any atom is -0.312 e. The summed E-state index contributed by atoms with van der Waals surface area (Å²) in [4.78, 5) is 15.9. The Morgan fingerprint density at radius 1 is 0.278 bits per heavy atom. The van der Waals surface area contributed by atoms with Crippen molar-refractivity contribution in [1.29, 1.82) is 0 Å². The Bertz CT molecular complexity index is 1480. The van der Waals surface area contributed by atoms with Crippen molar-refractivity contribution < 1.29 is 0 Å². The second-order valence-corrected chi connectivity index (χ2v) is 32.0. The molecule has 2 N–H and O–H groups in total. The van der Waals surface area contributed by atoms with Crippen LogP contribution >= 0.6 is 0 Å². The molecule has 12 rings (SSSR count). The summed E-state index contributed by atoms with van der Waals surface area (Å²) in [5.41, 5.74) is 2.37. The fraction of sp³-hybridized carbons (Fsp3) is 1.00. The zero-order valence-corrected chi connectivity index (χ0v) is 50.7. The van der Waals surface area contributed by atoms with Crippen LogP contribution in [0.15, 0.2) is 0 Å². The molecule has 4 aliphatic carbocycles. The first kappa shape index (κ1) is 60.9. The van der Waals surface area contributed by atoms with Gasteiger partial charge < -0.3 is 10.6 Å². The quantitative estimate of drug-likeness (QED) is 0.249. The Kier molecular flexibility index (Phi) is 20.6. The number of rotatable bonds is 0. The van der Waals surface area contributed by atoms with Crippen LogP contribution in [-0.2, 0) is 0 Å². The van der Waals surface area contributed by atoms with Crippen molar-refractivity contribution in [2.45, 2.75) is 273 Å². The predicted molar refractivity (Wildman–Crippen MR) is 313 cm³/mol. The van der Waals surface area contributed by atoms with Gasteiger partial charge in [-0.25, -0.2) is 0 Å². The molecular formula is C64H126N8. The first-order valence-corrected chi connectivity index (χ1v) is 30.9. The van der Waals surface area contributed by atoms with Gasteiger partial charge in [-0.15, -0.1) is 0 Å². The Morgan fingerprint density at radius 3 is 0.875 bits per heavy atom. The van der Waals surface area contributed by atoms with Crippen LogP contribution in [0.2, 0.25) is 0 Å². The molecule has 12 fully saturated rings. The molecule has 8 heterocycles. The van der Waals surface area contributed by atoms with Crippen LogP contribution in [0.25, 0.3) is 0 Å². The fourth-order valence-electron chi connectivity index (χ4n) is 15.5. The summed E-state index contributed by atoms with van der Waals surface area (Å²) in [6, 6.07) is 2.40. The van der Waals surface area contributed by atoms with Crippen LogP contribution in [0.3, 0.4) is 0 Å². The average Bonchev–Trinajstić information content (AvgIpc) is 4.05. The van der Waals surface area contributed by atoms with Crippen LogP contribution < -0.4 is 10.6 Å². The van der Waals surface area contributed by atoms with E-state index in [1.165, 1.54) is 175 Å². The number of hydrogen-bond acceptors (Lipinski definition) is 8. The third-order valence-corrected chi connectivity index (χ3v) is 21.0. The van der Waals surface area contributed by atoms with Gasteiger partial charge in [0.25, 0.3) is 0 Å². The molecular weight excluding hydrogens is 881 g/mol. The minimum atomic E-state index is 0. The topological polar surface area (TPSA) is 43.5 Å². The molecule has 72 heavy (non-hydrogen) atoms. The number of likely N-dealkylation sites (tertiary alicyclic amines) is 6. The average molecular weight is 1010 g/mol. The molecule has 0 aromatic carbocycles. The van der Waals surface area contributed by atoms with Gasteiger partial charge in [0.05, 0.1) is 0 Å². The summed E-state index contributed by atoms with van der Waals surface area (Å²) in [6.45, 7) is 59.2. The van der Waals surface area contributed by atoms with E-state index in [-0.39, 0.29) is 7.43 Å². The standard InChI is InChI=1S/C11H22N2.2C11H21N.C10H20N2.2C10H19N.CH4/c1-11(2,3)13-7-9-5-4-6-12-10(9)8-13;2*1-11(2,3)12-7-9-5-4-6-10(9)8-12;1-10(2,3)12-7-5-8-9(12)4-6-11-8;2*1-10(2,3)11-6-8-4-5-9(8)7-11;/h9-10,12H,4-8H2,1-3H3;2*9-10H,4-8H2,1-3H3;8-9,11H,4-7H2,1-3H3;2*8-9H,4-7H2,1-3H3;1H4/t3*9-,10+;8-,9-;8-,9?;8-,9+;/m1..01../s1. The summed E-state index contributed by atoms with van der Waals surface area (Å²) >= 11 is 0. The first-order chi connectivity index (χ1) is 32.9. The van der Waals surface area contributed by atoms with Gasteiger partial charge >= 0.3 is 0 Å². The molecule has 0 amide bonds. The monoisotopic (exact) mass is 1010 g/mol. The van der Waals surface area contributed by atoms with Crippen molar-refractivity contribution in [2.24, 2.45) is 53.3 Å². The zero-order valence-electron chi connectivity index (χ0n) is 50.7. The van der Waals surface area contributed by atoms with E-state index in [0.717, 1.165) is 71.4 Å². The van der Waals surface area contributed by atoms with E-state index in [1.54, 1.807) is 0 Å². The lowest BCUT2D eigenvalue weighted by Gasteiger charge is -2.36. The first-order valence-electron chi connectivity index (χ1n) is 30.9.